The molecule has 19 heavy (non-hydrogen) atoms. The fourth-order valence-corrected chi connectivity index (χ4v) is 2.09. The Morgan fingerprint density at radius 3 is 1.26 bits per heavy atom. The Hall–Kier alpha value is -0.690. The molecule has 6 heteroatoms. The van der Waals surface area contributed by atoms with E-state index in [-0.39, 0.29) is 0 Å². The lowest BCUT2D eigenvalue weighted by atomic mass is 9.77. The molecule has 114 valence electrons. The molecule has 0 aromatic heterocycles. The molecule has 0 aromatic carbocycles. The summed E-state index contributed by atoms with van der Waals surface area (Å²) in [5, 5.41) is 43.8. The Morgan fingerprint density at radius 1 is 0.842 bits per heavy atom. The van der Waals surface area contributed by atoms with Gasteiger partial charge in [0, 0.05) is 19.1 Å². The van der Waals surface area contributed by atoms with Crippen molar-refractivity contribution in [2.24, 2.45) is 11.3 Å². The van der Waals surface area contributed by atoms with Crippen molar-refractivity contribution in [2.75, 3.05) is 26.4 Å². The molecule has 0 bridgehead atoms. The zero-order valence-corrected chi connectivity index (χ0v) is 11.3. The maximum absolute atomic E-state index is 10.7. The van der Waals surface area contributed by atoms with E-state index in [1.165, 1.54) is 38.5 Å². The minimum absolute atomic E-state index is 0.607. The van der Waals surface area contributed by atoms with Gasteiger partial charge in [0.25, 0.3) is 0 Å². The van der Waals surface area contributed by atoms with Gasteiger partial charge in [-0.1, -0.05) is 38.5 Å². The number of hydrogen-bond donors (Lipinski definition) is 5. The molecule has 0 aromatic rings. The first-order valence-corrected chi connectivity index (χ1v) is 6.75. The summed E-state index contributed by atoms with van der Waals surface area (Å²) >= 11 is 0. The number of aliphatic hydroxyl groups is 4. The van der Waals surface area contributed by atoms with Crippen molar-refractivity contribution >= 4 is 5.97 Å². The molecule has 5 N–H and O–H groups in total. The van der Waals surface area contributed by atoms with Gasteiger partial charge in [-0.2, -0.15) is 0 Å². The normalized spacial score (nSPS) is 15.8. The summed E-state index contributed by atoms with van der Waals surface area (Å²) in [4.78, 5) is 10.7. The minimum atomic E-state index is -1.87. The molecule has 0 aliphatic heterocycles. The lowest BCUT2D eigenvalue weighted by molar-refractivity contribution is -0.163. The average molecular weight is 278 g/mol. The van der Waals surface area contributed by atoms with E-state index in [9.17, 15) is 4.79 Å². The predicted molar refractivity (Wildman–Crippen MR) is 69.6 cm³/mol. The quantitative estimate of drug-likeness (QED) is 0.466. The highest BCUT2D eigenvalue weighted by molar-refractivity contribution is 5.75. The van der Waals surface area contributed by atoms with Crippen molar-refractivity contribution in [2.45, 2.75) is 38.5 Å². The molecule has 1 fully saturated rings. The van der Waals surface area contributed by atoms with Gasteiger partial charge in [0.1, 0.15) is 5.41 Å². The van der Waals surface area contributed by atoms with E-state index >= 15 is 0 Å². The molecule has 0 atom stereocenters. The summed E-state index contributed by atoms with van der Waals surface area (Å²) in [7, 11) is 0. The van der Waals surface area contributed by atoms with Crippen LogP contribution in [0.15, 0.2) is 0 Å². The van der Waals surface area contributed by atoms with Crippen LogP contribution < -0.4 is 0 Å². The molecule has 0 unspecified atom stereocenters. The molecule has 0 saturated heterocycles. The number of carboxylic acid groups (broad SMARTS) is 1. The van der Waals surface area contributed by atoms with Crippen LogP contribution in [0.4, 0.5) is 0 Å². The number of carboxylic acids is 1. The summed E-state index contributed by atoms with van der Waals surface area (Å²) in [5.41, 5.74) is -1.87. The van der Waals surface area contributed by atoms with Crippen LogP contribution in [0, 0.1) is 11.3 Å². The highest BCUT2D eigenvalue weighted by Gasteiger charge is 2.44. The summed E-state index contributed by atoms with van der Waals surface area (Å²) < 4.78 is 0. The van der Waals surface area contributed by atoms with Crippen LogP contribution in [-0.4, -0.2) is 57.9 Å². The van der Waals surface area contributed by atoms with Crippen molar-refractivity contribution in [3.05, 3.63) is 0 Å². The molecule has 1 aliphatic rings. The largest absolute Gasteiger partial charge is 0.481 e. The average Bonchev–Trinajstić information content (AvgIpc) is 2.47. The van der Waals surface area contributed by atoms with Crippen LogP contribution in [0.1, 0.15) is 38.5 Å². The van der Waals surface area contributed by atoms with Crippen molar-refractivity contribution in [3.8, 4) is 0 Å². The highest BCUT2D eigenvalue weighted by Crippen LogP contribution is 2.26. The number of carbonyl (C=O) groups is 1. The SMILES string of the molecule is C1CCCCC1.O=C(O)C(CO)(CO)C(CO)CO. The van der Waals surface area contributed by atoms with Gasteiger partial charge in [0.05, 0.1) is 13.2 Å². The molecule has 1 saturated carbocycles. The lowest BCUT2D eigenvalue weighted by Gasteiger charge is -2.31. The van der Waals surface area contributed by atoms with E-state index in [0.29, 0.717) is 0 Å². The second-order valence-corrected chi connectivity index (χ2v) is 4.96. The highest BCUT2D eigenvalue weighted by atomic mass is 16.4. The van der Waals surface area contributed by atoms with Gasteiger partial charge in [-0.3, -0.25) is 4.79 Å². The molecule has 0 radical (unpaired) electrons. The molecule has 0 amide bonds. The lowest BCUT2D eigenvalue weighted by Crippen LogP contribution is -2.48. The van der Waals surface area contributed by atoms with Crippen LogP contribution in [-0.2, 0) is 4.79 Å². The molecule has 6 nitrogen and oxygen atoms in total. The molecular formula is C13H26O6. The number of rotatable bonds is 6. The molecule has 0 spiro atoms. The Morgan fingerprint density at radius 2 is 1.16 bits per heavy atom. The Bertz CT molecular complexity index is 220. The molecule has 1 aliphatic carbocycles. The molecular weight excluding hydrogens is 252 g/mol. The summed E-state index contributed by atoms with van der Waals surface area (Å²) in [6.45, 7) is -2.87. The van der Waals surface area contributed by atoms with Crippen molar-refractivity contribution < 1.29 is 30.3 Å². The first kappa shape index (κ1) is 18.3. The van der Waals surface area contributed by atoms with Crippen molar-refractivity contribution in [1.29, 1.82) is 0 Å². The van der Waals surface area contributed by atoms with Crippen LogP contribution in [0.2, 0.25) is 0 Å². The minimum Gasteiger partial charge on any atom is -0.481 e. The van der Waals surface area contributed by atoms with Crippen LogP contribution in [0.3, 0.4) is 0 Å². The van der Waals surface area contributed by atoms with Crippen molar-refractivity contribution in [1.82, 2.24) is 0 Å². The van der Waals surface area contributed by atoms with E-state index in [4.69, 9.17) is 25.5 Å². The smallest absolute Gasteiger partial charge is 0.314 e. The van der Waals surface area contributed by atoms with E-state index in [0.717, 1.165) is 0 Å². The van der Waals surface area contributed by atoms with Crippen LogP contribution in [0.5, 0.6) is 0 Å². The zero-order valence-electron chi connectivity index (χ0n) is 11.3. The van der Waals surface area contributed by atoms with Gasteiger partial charge in [-0.05, 0) is 0 Å². The van der Waals surface area contributed by atoms with E-state index < -0.39 is 43.7 Å². The summed E-state index contributed by atoms with van der Waals surface area (Å²) in [6.07, 6.45) is 9.00. The van der Waals surface area contributed by atoms with E-state index in [1.807, 2.05) is 0 Å². The third-order valence-electron chi connectivity index (χ3n) is 3.71. The second-order valence-electron chi connectivity index (χ2n) is 4.96. The van der Waals surface area contributed by atoms with Gasteiger partial charge < -0.3 is 25.5 Å². The first-order chi connectivity index (χ1) is 9.08. The van der Waals surface area contributed by atoms with Crippen LogP contribution in [0.25, 0.3) is 0 Å². The van der Waals surface area contributed by atoms with Crippen LogP contribution >= 0.6 is 0 Å². The van der Waals surface area contributed by atoms with Gasteiger partial charge in [-0.15, -0.1) is 0 Å². The van der Waals surface area contributed by atoms with Gasteiger partial charge in [-0.25, -0.2) is 0 Å². The number of hydrogen-bond acceptors (Lipinski definition) is 5. The van der Waals surface area contributed by atoms with Gasteiger partial charge >= 0.3 is 5.97 Å². The van der Waals surface area contributed by atoms with Gasteiger partial charge in [0.15, 0.2) is 0 Å². The molecule has 0 heterocycles. The first-order valence-electron chi connectivity index (χ1n) is 6.75. The Kier molecular flexibility index (Phi) is 9.77. The number of aliphatic carboxylic acids is 1. The van der Waals surface area contributed by atoms with E-state index in [2.05, 4.69) is 0 Å². The third kappa shape index (κ3) is 5.44. The maximum atomic E-state index is 10.7. The van der Waals surface area contributed by atoms with E-state index in [1.54, 1.807) is 0 Å². The standard InChI is InChI=1S/C7H14O6.C6H12/c8-1-5(2-9)7(3-10,4-11)6(12)13;1-2-4-6-5-3-1/h5,8-11H,1-4H2,(H,12,13);1-6H2. The second kappa shape index (κ2) is 10.1. The fourth-order valence-electron chi connectivity index (χ4n) is 2.09. The number of aliphatic hydroxyl groups excluding tert-OH is 4. The topological polar surface area (TPSA) is 118 Å². The third-order valence-corrected chi connectivity index (χ3v) is 3.71. The van der Waals surface area contributed by atoms with Crippen molar-refractivity contribution in [3.63, 3.8) is 0 Å². The Labute approximate surface area is 113 Å². The summed E-state index contributed by atoms with van der Waals surface area (Å²) in [6, 6.07) is 0. The zero-order chi connectivity index (χ0) is 14.7. The summed E-state index contributed by atoms with van der Waals surface area (Å²) in [5.74, 6) is -2.51. The molecule has 1 rings (SSSR count). The monoisotopic (exact) mass is 278 g/mol. The fraction of sp³-hybridized carbons (Fsp3) is 0.923. The van der Waals surface area contributed by atoms with Gasteiger partial charge in [0.2, 0.25) is 0 Å². The predicted octanol–water partition coefficient (Wildman–Crippen LogP) is -0.0166. The maximum Gasteiger partial charge on any atom is 0.314 e. The Balaban J connectivity index is 0.000000443.